The van der Waals surface area contributed by atoms with Gasteiger partial charge in [-0.3, -0.25) is 4.79 Å². The first kappa shape index (κ1) is 15.4. The van der Waals surface area contributed by atoms with Crippen LogP contribution in [0.2, 0.25) is 0 Å². The fourth-order valence-corrected chi connectivity index (χ4v) is 2.80. The minimum absolute atomic E-state index is 0.00607. The Bertz CT molecular complexity index is 638. The number of anilines is 2. The highest BCUT2D eigenvalue weighted by Crippen LogP contribution is 2.25. The van der Waals surface area contributed by atoms with Crippen LogP contribution in [0.1, 0.15) is 18.1 Å². The van der Waals surface area contributed by atoms with Crippen molar-refractivity contribution in [3.8, 4) is 0 Å². The molecule has 0 spiro atoms. The van der Waals surface area contributed by atoms with E-state index in [0.29, 0.717) is 5.69 Å². The number of thioether (sulfide) groups is 1. The van der Waals surface area contributed by atoms with Crippen LogP contribution >= 0.6 is 11.8 Å². The van der Waals surface area contributed by atoms with Crippen LogP contribution in [0.25, 0.3) is 0 Å². The number of aryl methyl sites for hydroxylation is 2. The fourth-order valence-electron chi connectivity index (χ4n) is 1.94. The Morgan fingerprint density at radius 3 is 2.43 bits per heavy atom. The Labute approximate surface area is 129 Å². The number of hydrogen-bond donors (Lipinski definition) is 2. The van der Waals surface area contributed by atoms with Crippen LogP contribution in [0.15, 0.2) is 47.4 Å². The van der Waals surface area contributed by atoms with Crippen LogP contribution in [-0.2, 0) is 4.79 Å². The van der Waals surface area contributed by atoms with Crippen LogP contribution in [0.4, 0.5) is 11.4 Å². The van der Waals surface area contributed by atoms with Gasteiger partial charge in [0.25, 0.3) is 0 Å². The molecule has 3 N–H and O–H groups in total. The van der Waals surface area contributed by atoms with Gasteiger partial charge in [0.2, 0.25) is 5.91 Å². The number of hydrogen-bond acceptors (Lipinski definition) is 3. The Morgan fingerprint density at radius 1 is 1.14 bits per heavy atom. The number of nitrogen functional groups attached to an aromatic ring is 1. The van der Waals surface area contributed by atoms with Crippen molar-refractivity contribution in [2.24, 2.45) is 0 Å². The smallest absolute Gasteiger partial charge is 0.237 e. The normalized spacial score (nSPS) is 12.0. The van der Waals surface area contributed by atoms with Gasteiger partial charge in [-0.1, -0.05) is 17.7 Å². The molecule has 0 saturated heterocycles. The van der Waals surface area contributed by atoms with Gasteiger partial charge in [0, 0.05) is 16.3 Å². The number of nitrogens with two attached hydrogens (primary N) is 1. The number of rotatable bonds is 4. The lowest BCUT2D eigenvalue weighted by atomic mass is 10.2. The summed E-state index contributed by atoms with van der Waals surface area (Å²) in [5.41, 5.74) is 9.41. The average Bonchev–Trinajstić information content (AvgIpc) is 2.44. The van der Waals surface area contributed by atoms with Crippen LogP contribution in [-0.4, -0.2) is 11.2 Å². The molecule has 4 heteroatoms. The second kappa shape index (κ2) is 6.68. The molecule has 1 amide bonds. The van der Waals surface area contributed by atoms with E-state index in [4.69, 9.17) is 5.73 Å². The quantitative estimate of drug-likeness (QED) is 0.662. The molecule has 21 heavy (non-hydrogen) atoms. The molecule has 110 valence electrons. The molecule has 0 bridgehead atoms. The topological polar surface area (TPSA) is 55.1 Å². The monoisotopic (exact) mass is 300 g/mol. The van der Waals surface area contributed by atoms with Crippen LogP contribution in [0.5, 0.6) is 0 Å². The Kier molecular flexibility index (Phi) is 4.91. The summed E-state index contributed by atoms with van der Waals surface area (Å²) in [6, 6.07) is 13.7. The average molecular weight is 300 g/mol. The Balaban J connectivity index is 2.00. The lowest BCUT2D eigenvalue weighted by molar-refractivity contribution is -0.115. The SMILES string of the molecule is Cc1ccc(SC(C)C(=O)Nc2ccc(N)cc2C)cc1. The minimum Gasteiger partial charge on any atom is -0.399 e. The first-order valence-electron chi connectivity index (χ1n) is 6.86. The summed E-state index contributed by atoms with van der Waals surface area (Å²) in [4.78, 5) is 13.4. The van der Waals surface area contributed by atoms with Gasteiger partial charge >= 0.3 is 0 Å². The van der Waals surface area contributed by atoms with Gasteiger partial charge in [-0.25, -0.2) is 0 Å². The number of benzene rings is 2. The zero-order valence-electron chi connectivity index (χ0n) is 12.5. The summed E-state index contributed by atoms with van der Waals surface area (Å²) in [6.07, 6.45) is 0. The molecule has 0 heterocycles. The van der Waals surface area contributed by atoms with Gasteiger partial charge in [0.15, 0.2) is 0 Å². The van der Waals surface area contributed by atoms with Crippen LogP contribution < -0.4 is 11.1 Å². The lowest BCUT2D eigenvalue weighted by Gasteiger charge is -2.14. The van der Waals surface area contributed by atoms with E-state index in [1.807, 2.05) is 38.1 Å². The van der Waals surface area contributed by atoms with Crippen molar-refractivity contribution in [1.82, 2.24) is 0 Å². The van der Waals surface area contributed by atoms with E-state index in [-0.39, 0.29) is 11.2 Å². The summed E-state index contributed by atoms with van der Waals surface area (Å²) in [6.45, 7) is 5.89. The standard InChI is InChI=1S/C17H20N2OS/c1-11-4-7-15(8-5-11)21-13(3)17(20)19-16-9-6-14(18)10-12(16)2/h4-10,13H,18H2,1-3H3,(H,19,20). The van der Waals surface area contributed by atoms with Crippen molar-refractivity contribution < 1.29 is 4.79 Å². The molecule has 0 aliphatic heterocycles. The van der Waals surface area contributed by atoms with Gasteiger partial charge in [0.1, 0.15) is 0 Å². The predicted octanol–water partition coefficient (Wildman–Crippen LogP) is 4.00. The second-order valence-electron chi connectivity index (χ2n) is 5.14. The maximum Gasteiger partial charge on any atom is 0.237 e. The molecule has 1 atom stereocenters. The molecule has 0 saturated carbocycles. The van der Waals surface area contributed by atoms with Gasteiger partial charge in [0.05, 0.1) is 5.25 Å². The van der Waals surface area contributed by atoms with Crippen molar-refractivity contribution in [2.45, 2.75) is 30.9 Å². The molecule has 2 aromatic carbocycles. The minimum atomic E-state index is -0.162. The van der Waals surface area contributed by atoms with Crippen LogP contribution in [0.3, 0.4) is 0 Å². The van der Waals surface area contributed by atoms with Crippen molar-refractivity contribution in [1.29, 1.82) is 0 Å². The van der Waals surface area contributed by atoms with Crippen molar-refractivity contribution in [3.05, 3.63) is 53.6 Å². The first-order valence-corrected chi connectivity index (χ1v) is 7.74. The summed E-state index contributed by atoms with van der Waals surface area (Å²) in [5, 5.41) is 2.79. The summed E-state index contributed by atoms with van der Waals surface area (Å²) < 4.78 is 0. The fraction of sp³-hybridized carbons (Fsp3) is 0.235. The molecular weight excluding hydrogens is 280 g/mol. The third-order valence-electron chi connectivity index (χ3n) is 3.21. The third kappa shape index (κ3) is 4.26. The highest BCUT2D eigenvalue weighted by Gasteiger charge is 2.15. The van der Waals surface area contributed by atoms with Crippen molar-refractivity contribution in [3.63, 3.8) is 0 Å². The number of carbonyl (C=O) groups excluding carboxylic acids is 1. The molecule has 0 aromatic heterocycles. The first-order chi connectivity index (χ1) is 9.95. The maximum atomic E-state index is 12.3. The van der Waals surface area contributed by atoms with E-state index in [9.17, 15) is 4.79 Å². The van der Waals surface area contributed by atoms with Crippen molar-refractivity contribution >= 4 is 29.0 Å². The van der Waals surface area contributed by atoms with E-state index >= 15 is 0 Å². The van der Waals surface area contributed by atoms with Gasteiger partial charge in [-0.05, 0) is 56.7 Å². The molecule has 0 aliphatic carbocycles. The summed E-state index contributed by atoms with van der Waals surface area (Å²) in [7, 11) is 0. The highest BCUT2D eigenvalue weighted by molar-refractivity contribution is 8.00. The summed E-state index contributed by atoms with van der Waals surface area (Å²) in [5.74, 6) is -0.00607. The Hall–Kier alpha value is -1.94. The van der Waals surface area contributed by atoms with E-state index in [1.165, 1.54) is 5.56 Å². The van der Waals surface area contributed by atoms with Crippen molar-refractivity contribution in [2.75, 3.05) is 11.1 Å². The number of nitrogens with one attached hydrogen (secondary N) is 1. The molecule has 1 unspecified atom stereocenters. The van der Waals surface area contributed by atoms with E-state index in [0.717, 1.165) is 16.1 Å². The zero-order valence-corrected chi connectivity index (χ0v) is 13.3. The second-order valence-corrected chi connectivity index (χ2v) is 6.55. The molecule has 0 fully saturated rings. The number of carbonyl (C=O) groups is 1. The van der Waals surface area contributed by atoms with Gasteiger partial charge in [-0.15, -0.1) is 11.8 Å². The predicted molar refractivity (Wildman–Crippen MR) is 90.7 cm³/mol. The lowest BCUT2D eigenvalue weighted by Crippen LogP contribution is -2.22. The third-order valence-corrected chi connectivity index (χ3v) is 4.32. The van der Waals surface area contributed by atoms with Crippen LogP contribution in [0, 0.1) is 13.8 Å². The van der Waals surface area contributed by atoms with E-state index < -0.39 is 0 Å². The number of amides is 1. The molecule has 2 rings (SSSR count). The molecule has 3 nitrogen and oxygen atoms in total. The van der Waals surface area contributed by atoms with Gasteiger partial charge in [-0.2, -0.15) is 0 Å². The maximum absolute atomic E-state index is 12.3. The molecule has 0 radical (unpaired) electrons. The van der Waals surface area contributed by atoms with E-state index in [2.05, 4.69) is 24.4 Å². The Morgan fingerprint density at radius 2 is 1.81 bits per heavy atom. The highest BCUT2D eigenvalue weighted by atomic mass is 32.2. The molecular formula is C17H20N2OS. The van der Waals surface area contributed by atoms with Gasteiger partial charge < -0.3 is 11.1 Å². The molecule has 2 aromatic rings. The zero-order chi connectivity index (χ0) is 15.4. The molecule has 0 aliphatic rings. The van der Waals surface area contributed by atoms with E-state index in [1.54, 1.807) is 17.8 Å². The largest absolute Gasteiger partial charge is 0.399 e. The summed E-state index contributed by atoms with van der Waals surface area (Å²) >= 11 is 1.55.